The lowest BCUT2D eigenvalue weighted by Gasteiger charge is -2.13. The van der Waals surface area contributed by atoms with Gasteiger partial charge in [0.25, 0.3) is 0 Å². The number of fused-ring (bicyclic) bond motifs is 1. The van der Waals surface area contributed by atoms with Crippen LogP contribution in [0.25, 0.3) is 10.9 Å². The summed E-state index contributed by atoms with van der Waals surface area (Å²) in [6.45, 7) is 4.35. The number of pyridine rings is 2. The number of hydrogen-bond donors (Lipinski definition) is 1. The minimum Gasteiger partial charge on any atom is -0.340 e. The van der Waals surface area contributed by atoms with Crippen molar-refractivity contribution in [1.82, 2.24) is 9.97 Å². The largest absolute Gasteiger partial charge is 0.340 e. The molecule has 0 saturated heterocycles. The quantitative estimate of drug-likeness (QED) is 0.756. The zero-order valence-electron chi connectivity index (χ0n) is 11.7. The smallest absolute Gasteiger partial charge is 0.133 e. The van der Waals surface area contributed by atoms with Gasteiger partial charge in [-0.15, -0.1) is 0 Å². The van der Waals surface area contributed by atoms with Crippen molar-refractivity contribution in [2.75, 3.05) is 5.32 Å². The third kappa shape index (κ3) is 2.48. The summed E-state index contributed by atoms with van der Waals surface area (Å²) in [5.41, 5.74) is 3.26. The van der Waals surface area contributed by atoms with Crippen LogP contribution in [0.5, 0.6) is 0 Å². The predicted molar refractivity (Wildman–Crippen MR) is 83.4 cm³/mol. The van der Waals surface area contributed by atoms with Crippen molar-refractivity contribution in [2.24, 2.45) is 0 Å². The molecule has 3 heteroatoms. The molecule has 2 heterocycles. The average molecular weight is 263 g/mol. The van der Waals surface area contributed by atoms with Gasteiger partial charge in [-0.05, 0) is 41.8 Å². The molecule has 0 saturated carbocycles. The van der Waals surface area contributed by atoms with Crippen LogP contribution < -0.4 is 5.32 Å². The van der Waals surface area contributed by atoms with E-state index in [1.807, 2.05) is 36.7 Å². The zero-order valence-corrected chi connectivity index (χ0v) is 11.7. The summed E-state index contributed by atoms with van der Waals surface area (Å²) < 4.78 is 0. The van der Waals surface area contributed by atoms with Gasteiger partial charge < -0.3 is 5.32 Å². The molecule has 0 radical (unpaired) electrons. The maximum absolute atomic E-state index is 4.45. The molecule has 3 aromatic rings. The van der Waals surface area contributed by atoms with Gasteiger partial charge in [-0.2, -0.15) is 0 Å². The van der Waals surface area contributed by atoms with Crippen molar-refractivity contribution in [2.45, 2.75) is 19.8 Å². The number of nitrogens with one attached hydrogen (secondary N) is 1. The van der Waals surface area contributed by atoms with Crippen molar-refractivity contribution in [1.29, 1.82) is 0 Å². The first-order valence-electron chi connectivity index (χ1n) is 6.81. The van der Waals surface area contributed by atoms with Crippen LogP contribution >= 0.6 is 0 Å². The van der Waals surface area contributed by atoms with Crippen LogP contribution in [0.1, 0.15) is 25.3 Å². The molecule has 20 heavy (non-hydrogen) atoms. The lowest BCUT2D eigenvalue weighted by Crippen LogP contribution is -2.00. The fourth-order valence-electron chi connectivity index (χ4n) is 2.28. The van der Waals surface area contributed by atoms with Crippen LogP contribution in [0.4, 0.5) is 11.5 Å². The normalized spacial score (nSPS) is 10.9. The van der Waals surface area contributed by atoms with E-state index in [1.165, 1.54) is 5.56 Å². The second kappa shape index (κ2) is 5.29. The minimum absolute atomic E-state index is 0.438. The van der Waals surface area contributed by atoms with Gasteiger partial charge in [0.05, 0.1) is 5.52 Å². The van der Waals surface area contributed by atoms with Crippen molar-refractivity contribution < 1.29 is 0 Å². The van der Waals surface area contributed by atoms with Crippen molar-refractivity contribution in [3.05, 3.63) is 60.4 Å². The fourth-order valence-corrected chi connectivity index (χ4v) is 2.28. The summed E-state index contributed by atoms with van der Waals surface area (Å²) in [5.74, 6) is 1.36. The third-order valence-electron chi connectivity index (χ3n) is 3.33. The summed E-state index contributed by atoms with van der Waals surface area (Å²) in [6, 6.07) is 14.3. The monoisotopic (exact) mass is 263 g/mol. The summed E-state index contributed by atoms with van der Waals surface area (Å²) in [4.78, 5) is 8.78. The van der Waals surface area contributed by atoms with E-state index in [1.54, 1.807) is 0 Å². The van der Waals surface area contributed by atoms with Gasteiger partial charge in [0, 0.05) is 23.5 Å². The Morgan fingerprint density at radius 1 is 0.950 bits per heavy atom. The first-order chi connectivity index (χ1) is 9.74. The van der Waals surface area contributed by atoms with Gasteiger partial charge in [0.15, 0.2) is 0 Å². The molecule has 0 unspecified atom stereocenters. The highest BCUT2D eigenvalue weighted by atomic mass is 15.0. The SMILES string of the molecule is CC(C)c1cccnc1Nc1ccc2ncccc2c1. The van der Waals surface area contributed by atoms with E-state index >= 15 is 0 Å². The van der Waals surface area contributed by atoms with Gasteiger partial charge in [-0.25, -0.2) is 4.98 Å². The maximum atomic E-state index is 4.45. The Balaban J connectivity index is 1.97. The molecule has 2 aromatic heterocycles. The molecular weight excluding hydrogens is 246 g/mol. The van der Waals surface area contributed by atoms with Gasteiger partial charge in [0.2, 0.25) is 0 Å². The average Bonchev–Trinajstić information content (AvgIpc) is 2.47. The molecule has 3 rings (SSSR count). The van der Waals surface area contributed by atoms with E-state index in [9.17, 15) is 0 Å². The van der Waals surface area contributed by atoms with Crippen LogP contribution in [0.3, 0.4) is 0 Å². The van der Waals surface area contributed by atoms with Gasteiger partial charge in [0.1, 0.15) is 5.82 Å². The zero-order chi connectivity index (χ0) is 13.9. The van der Waals surface area contributed by atoms with Crippen molar-refractivity contribution in [3.8, 4) is 0 Å². The van der Waals surface area contributed by atoms with Crippen LogP contribution in [-0.2, 0) is 0 Å². The Kier molecular flexibility index (Phi) is 3.33. The molecule has 0 atom stereocenters. The molecule has 0 aliphatic rings. The second-order valence-corrected chi connectivity index (χ2v) is 5.13. The second-order valence-electron chi connectivity index (χ2n) is 5.13. The Morgan fingerprint density at radius 2 is 1.75 bits per heavy atom. The lowest BCUT2D eigenvalue weighted by molar-refractivity contribution is 0.862. The fraction of sp³-hybridized carbons (Fsp3) is 0.176. The molecule has 100 valence electrons. The van der Waals surface area contributed by atoms with Crippen LogP contribution in [0, 0.1) is 0 Å². The van der Waals surface area contributed by atoms with Crippen LogP contribution in [-0.4, -0.2) is 9.97 Å². The number of benzene rings is 1. The number of nitrogens with zero attached hydrogens (tertiary/aromatic N) is 2. The first-order valence-corrected chi connectivity index (χ1v) is 6.81. The molecule has 0 aliphatic carbocycles. The topological polar surface area (TPSA) is 37.8 Å². The molecule has 0 fully saturated rings. The Morgan fingerprint density at radius 3 is 2.60 bits per heavy atom. The molecule has 1 aromatic carbocycles. The predicted octanol–water partition coefficient (Wildman–Crippen LogP) is 4.50. The van der Waals surface area contributed by atoms with Crippen LogP contribution in [0.2, 0.25) is 0 Å². The lowest BCUT2D eigenvalue weighted by atomic mass is 10.0. The number of aromatic nitrogens is 2. The number of anilines is 2. The highest BCUT2D eigenvalue weighted by molar-refractivity contribution is 5.83. The third-order valence-corrected chi connectivity index (χ3v) is 3.33. The molecule has 0 amide bonds. The van der Waals surface area contributed by atoms with E-state index in [-0.39, 0.29) is 0 Å². The van der Waals surface area contributed by atoms with E-state index in [4.69, 9.17) is 0 Å². The summed E-state index contributed by atoms with van der Waals surface area (Å²) in [6.07, 6.45) is 3.63. The van der Waals surface area contributed by atoms with E-state index in [0.717, 1.165) is 22.4 Å². The Hall–Kier alpha value is -2.42. The molecule has 1 N–H and O–H groups in total. The molecule has 3 nitrogen and oxygen atoms in total. The van der Waals surface area contributed by atoms with Crippen LogP contribution in [0.15, 0.2) is 54.9 Å². The van der Waals surface area contributed by atoms with Crippen molar-refractivity contribution >= 4 is 22.4 Å². The Bertz CT molecular complexity index is 735. The standard InChI is InChI=1S/C17H17N3/c1-12(2)15-6-4-10-19-17(15)20-14-7-8-16-13(11-14)5-3-9-18-16/h3-12H,1-2H3,(H,19,20). The summed E-state index contributed by atoms with van der Waals surface area (Å²) >= 11 is 0. The van der Waals surface area contributed by atoms with Gasteiger partial charge >= 0.3 is 0 Å². The maximum Gasteiger partial charge on any atom is 0.133 e. The van der Waals surface area contributed by atoms with E-state index < -0.39 is 0 Å². The summed E-state index contributed by atoms with van der Waals surface area (Å²) in [7, 11) is 0. The summed E-state index contributed by atoms with van der Waals surface area (Å²) in [5, 5.41) is 4.53. The van der Waals surface area contributed by atoms with Gasteiger partial charge in [-0.3, -0.25) is 4.98 Å². The highest BCUT2D eigenvalue weighted by Gasteiger charge is 2.07. The first kappa shape index (κ1) is 12.6. The van der Waals surface area contributed by atoms with E-state index in [2.05, 4.69) is 47.3 Å². The molecular formula is C17H17N3. The van der Waals surface area contributed by atoms with Crippen molar-refractivity contribution in [3.63, 3.8) is 0 Å². The van der Waals surface area contributed by atoms with E-state index in [0.29, 0.717) is 5.92 Å². The number of rotatable bonds is 3. The van der Waals surface area contributed by atoms with Gasteiger partial charge in [-0.1, -0.05) is 26.0 Å². The minimum atomic E-state index is 0.438. The highest BCUT2D eigenvalue weighted by Crippen LogP contribution is 2.26. The Labute approximate surface area is 118 Å². The molecule has 0 spiro atoms. The molecule has 0 aliphatic heterocycles. The molecule has 0 bridgehead atoms. The number of hydrogen-bond acceptors (Lipinski definition) is 3.